The Balaban J connectivity index is 3.35. The van der Waals surface area contributed by atoms with Gasteiger partial charge in [-0.2, -0.15) is 5.26 Å². The molecule has 0 aliphatic heterocycles. The molecule has 1 aromatic carbocycles. The van der Waals surface area contributed by atoms with Crippen molar-refractivity contribution in [1.82, 2.24) is 0 Å². The number of nitriles is 1. The number of hydrogen-bond acceptors (Lipinski definition) is 5. The van der Waals surface area contributed by atoms with Gasteiger partial charge in [0.2, 0.25) is 0 Å². The van der Waals surface area contributed by atoms with Crippen LogP contribution < -0.4 is 0 Å². The molecule has 0 unspecified atom stereocenters. The van der Waals surface area contributed by atoms with Crippen LogP contribution in [-0.4, -0.2) is 17.5 Å². The highest BCUT2D eigenvalue weighted by atomic mass is 79.9. The summed E-state index contributed by atoms with van der Waals surface area (Å²) in [5.74, 6) is -0.553. The molecule has 0 aromatic heterocycles. The van der Waals surface area contributed by atoms with E-state index < -0.39 is 10.9 Å². The maximum absolute atomic E-state index is 11.5. The van der Waals surface area contributed by atoms with Crippen LogP contribution in [0.4, 0.5) is 5.69 Å². The second kappa shape index (κ2) is 6.85. The van der Waals surface area contributed by atoms with E-state index in [-0.39, 0.29) is 29.8 Å². The molecule has 6 nitrogen and oxygen atoms in total. The number of benzene rings is 1. The molecule has 0 radical (unpaired) electrons. The molecule has 0 saturated carbocycles. The number of nitro benzene ring substituents is 1. The SMILES string of the molecule is CCOC(=O)Cc1c(CBr)ccc(C#N)c1[N+](=O)[O-]. The maximum atomic E-state index is 11.5. The van der Waals surface area contributed by atoms with Crippen molar-refractivity contribution >= 4 is 27.6 Å². The highest BCUT2D eigenvalue weighted by molar-refractivity contribution is 9.08. The zero-order valence-corrected chi connectivity index (χ0v) is 11.8. The van der Waals surface area contributed by atoms with Gasteiger partial charge in [-0.05, 0) is 18.6 Å². The van der Waals surface area contributed by atoms with Gasteiger partial charge in [-0.3, -0.25) is 14.9 Å². The third kappa shape index (κ3) is 3.51. The van der Waals surface area contributed by atoms with Gasteiger partial charge >= 0.3 is 5.97 Å². The second-order valence-electron chi connectivity index (χ2n) is 3.58. The fraction of sp³-hybridized carbons (Fsp3) is 0.333. The number of carbonyl (C=O) groups excluding carboxylic acids is 1. The highest BCUT2D eigenvalue weighted by Crippen LogP contribution is 2.29. The fourth-order valence-corrected chi connectivity index (χ4v) is 2.18. The van der Waals surface area contributed by atoms with Crippen molar-refractivity contribution in [1.29, 1.82) is 5.26 Å². The summed E-state index contributed by atoms with van der Waals surface area (Å²) in [6.45, 7) is 1.86. The van der Waals surface area contributed by atoms with Gasteiger partial charge in [0.25, 0.3) is 5.69 Å². The molecule has 0 spiro atoms. The van der Waals surface area contributed by atoms with E-state index in [0.717, 1.165) is 0 Å². The zero-order chi connectivity index (χ0) is 14.4. The monoisotopic (exact) mass is 326 g/mol. The number of alkyl halides is 1. The number of rotatable bonds is 5. The second-order valence-corrected chi connectivity index (χ2v) is 4.14. The molecule has 0 atom stereocenters. The molecule has 7 heteroatoms. The minimum Gasteiger partial charge on any atom is -0.466 e. The lowest BCUT2D eigenvalue weighted by molar-refractivity contribution is -0.385. The number of nitro groups is 1. The van der Waals surface area contributed by atoms with Crippen LogP contribution in [-0.2, 0) is 21.3 Å². The Bertz CT molecular complexity index is 551. The number of halogens is 1. The van der Waals surface area contributed by atoms with E-state index in [9.17, 15) is 14.9 Å². The summed E-state index contributed by atoms with van der Waals surface area (Å²) in [6.07, 6.45) is -0.222. The quantitative estimate of drug-likeness (QED) is 0.358. The summed E-state index contributed by atoms with van der Waals surface area (Å²) >= 11 is 3.21. The van der Waals surface area contributed by atoms with E-state index in [1.807, 2.05) is 0 Å². The molecule has 0 aliphatic carbocycles. The molecular formula is C12H11BrN2O4. The number of hydrogen-bond donors (Lipinski definition) is 0. The summed E-state index contributed by atoms with van der Waals surface area (Å²) in [6, 6.07) is 4.74. The summed E-state index contributed by atoms with van der Waals surface area (Å²) < 4.78 is 4.79. The van der Waals surface area contributed by atoms with Gasteiger partial charge in [-0.25, -0.2) is 0 Å². The molecule has 0 amide bonds. The number of ether oxygens (including phenoxy) is 1. The third-order valence-corrected chi connectivity index (χ3v) is 3.06. The minimum atomic E-state index is -0.640. The zero-order valence-electron chi connectivity index (χ0n) is 10.2. The molecule has 0 heterocycles. The van der Waals surface area contributed by atoms with Gasteiger partial charge in [0.1, 0.15) is 11.6 Å². The van der Waals surface area contributed by atoms with Crippen molar-refractivity contribution < 1.29 is 14.5 Å². The summed E-state index contributed by atoms with van der Waals surface area (Å²) in [4.78, 5) is 22.0. The van der Waals surface area contributed by atoms with E-state index >= 15 is 0 Å². The molecule has 1 aromatic rings. The van der Waals surface area contributed by atoms with Crippen molar-refractivity contribution in [3.8, 4) is 6.07 Å². The Morgan fingerprint density at radius 2 is 2.26 bits per heavy atom. The standard InChI is InChI=1S/C12H11BrN2O4/c1-2-19-11(16)5-10-8(6-13)3-4-9(7-14)12(10)15(17)18/h3-4H,2,5-6H2,1H3. The predicted molar refractivity (Wildman–Crippen MR) is 70.8 cm³/mol. The maximum Gasteiger partial charge on any atom is 0.310 e. The first-order chi connectivity index (χ1) is 9.04. The minimum absolute atomic E-state index is 0.0611. The van der Waals surface area contributed by atoms with Gasteiger partial charge in [0.05, 0.1) is 18.0 Å². The van der Waals surface area contributed by atoms with Gasteiger partial charge in [-0.15, -0.1) is 0 Å². The Labute approximate surface area is 118 Å². The van der Waals surface area contributed by atoms with E-state index in [2.05, 4.69) is 15.9 Å². The topological polar surface area (TPSA) is 93.2 Å². The van der Waals surface area contributed by atoms with Gasteiger partial charge in [0, 0.05) is 10.9 Å². The van der Waals surface area contributed by atoms with Crippen molar-refractivity contribution in [2.24, 2.45) is 0 Å². The summed E-state index contributed by atoms with van der Waals surface area (Å²) in [5.41, 5.74) is 0.430. The molecule has 0 N–H and O–H groups in total. The third-order valence-electron chi connectivity index (χ3n) is 2.45. The normalized spacial score (nSPS) is 9.74. The molecule has 100 valence electrons. The van der Waals surface area contributed by atoms with Crippen LogP contribution >= 0.6 is 15.9 Å². The summed E-state index contributed by atoms with van der Waals surface area (Å²) in [5, 5.41) is 20.4. The van der Waals surface area contributed by atoms with Crippen molar-refractivity contribution in [2.75, 3.05) is 6.61 Å². The highest BCUT2D eigenvalue weighted by Gasteiger charge is 2.24. The van der Waals surface area contributed by atoms with Crippen LogP contribution in [0.3, 0.4) is 0 Å². The Hall–Kier alpha value is -1.94. The predicted octanol–water partition coefficient (Wildman–Crippen LogP) is 2.47. The van der Waals surface area contributed by atoms with Crippen molar-refractivity contribution in [3.05, 3.63) is 38.9 Å². The summed E-state index contributed by atoms with van der Waals surface area (Å²) in [7, 11) is 0. The largest absolute Gasteiger partial charge is 0.466 e. The van der Waals surface area contributed by atoms with Crippen LogP contribution in [0, 0.1) is 21.4 Å². The lowest BCUT2D eigenvalue weighted by Gasteiger charge is -2.08. The molecular weight excluding hydrogens is 316 g/mol. The van der Waals surface area contributed by atoms with Crippen LogP contribution in [0.15, 0.2) is 12.1 Å². The fourth-order valence-electron chi connectivity index (χ4n) is 1.66. The molecule has 0 fully saturated rings. The van der Waals surface area contributed by atoms with Crippen molar-refractivity contribution in [2.45, 2.75) is 18.7 Å². The Morgan fingerprint density at radius 3 is 2.74 bits per heavy atom. The van der Waals surface area contributed by atoms with E-state index in [0.29, 0.717) is 10.9 Å². The molecule has 1 rings (SSSR count). The van der Waals surface area contributed by atoms with E-state index in [1.165, 1.54) is 6.07 Å². The van der Waals surface area contributed by atoms with Crippen LogP contribution in [0.5, 0.6) is 0 Å². The first-order valence-corrected chi connectivity index (χ1v) is 6.58. The van der Waals surface area contributed by atoms with Gasteiger partial charge in [0.15, 0.2) is 0 Å². The van der Waals surface area contributed by atoms with Gasteiger partial charge in [-0.1, -0.05) is 22.0 Å². The molecule has 19 heavy (non-hydrogen) atoms. The lowest BCUT2D eigenvalue weighted by Crippen LogP contribution is -2.12. The Morgan fingerprint density at radius 1 is 1.58 bits per heavy atom. The number of nitrogens with zero attached hydrogens (tertiary/aromatic N) is 2. The van der Waals surface area contributed by atoms with E-state index in [1.54, 1.807) is 19.1 Å². The lowest BCUT2D eigenvalue weighted by atomic mass is 9.99. The van der Waals surface area contributed by atoms with Crippen LogP contribution in [0.25, 0.3) is 0 Å². The van der Waals surface area contributed by atoms with Crippen molar-refractivity contribution in [3.63, 3.8) is 0 Å². The van der Waals surface area contributed by atoms with Crippen LogP contribution in [0.1, 0.15) is 23.6 Å². The van der Waals surface area contributed by atoms with Gasteiger partial charge < -0.3 is 4.74 Å². The Kier molecular flexibility index (Phi) is 5.45. The first kappa shape index (κ1) is 15.1. The average Bonchev–Trinajstić information content (AvgIpc) is 2.37. The number of carbonyl (C=O) groups is 1. The van der Waals surface area contributed by atoms with Crippen LogP contribution in [0.2, 0.25) is 0 Å². The molecule has 0 bridgehead atoms. The molecule has 0 aliphatic rings. The average molecular weight is 327 g/mol. The molecule has 0 saturated heterocycles. The van der Waals surface area contributed by atoms with E-state index in [4.69, 9.17) is 10.00 Å². The number of esters is 1. The smallest absolute Gasteiger partial charge is 0.310 e. The first-order valence-electron chi connectivity index (χ1n) is 5.45.